The van der Waals surface area contributed by atoms with Gasteiger partial charge in [-0.15, -0.1) is 0 Å². The number of hydrogen-bond acceptors (Lipinski definition) is 7. The Hall–Kier alpha value is -1.90. The number of fused-ring (bicyclic) bond motifs is 3. The molecule has 3 rings (SSSR count). The predicted molar refractivity (Wildman–Crippen MR) is 107 cm³/mol. The van der Waals surface area contributed by atoms with Gasteiger partial charge in [0.1, 0.15) is 16.7 Å². The summed E-state index contributed by atoms with van der Waals surface area (Å²) < 4.78 is 101. The molecule has 0 bridgehead atoms. The van der Waals surface area contributed by atoms with Gasteiger partial charge < -0.3 is 4.55 Å². The van der Waals surface area contributed by atoms with Crippen LogP contribution in [0.25, 0.3) is 10.8 Å². The summed E-state index contributed by atoms with van der Waals surface area (Å²) in [6, 6.07) is 4.65. The van der Waals surface area contributed by atoms with E-state index in [0.717, 1.165) is 6.07 Å². The minimum atomic E-state index is -5.05. The highest BCUT2D eigenvalue weighted by Crippen LogP contribution is 2.43. The summed E-state index contributed by atoms with van der Waals surface area (Å²) in [6.07, 6.45) is 1.86. The monoisotopic (exact) mass is 477 g/mol. The van der Waals surface area contributed by atoms with Crippen LogP contribution in [0.4, 0.5) is 5.69 Å². The molecule has 0 saturated heterocycles. The van der Waals surface area contributed by atoms with Crippen LogP contribution >= 0.6 is 0 Å². The number of hydrogen-bond donors (Lipinski definition) is 2. The Kier molecular flexibility index (Phi) is 5.37. The second-order valence-electron chi connectivity index (χ2n) is 7.59. The summed E-state index contributed by atoms with van der Waals surface area (Å²) >= 11 is 0. The molecule has 13 heteroatoms. The van der Waals surface area contributed by atoms with E-state index in [4.69, 9.17) is 4.55 Å². The molecule has 164 valence electrons. The molecule has 1 aliphatic heterocycles. The smallest absolute Gasteiger partial charge is 0.294 e. The molecule has 0 unspecified atom stereocenters. The molecule has 0 saturated carbocycles. The molecule has 0 amide bonds. The lowest BCUT2D eigenvalue weighted by molar-refractivity contribution is -0.433. The van der Waals surface area contributed by atoms with Crippen LogP contribution in [0.2, 0.25) is 0 Å². The first-order valence-electron chi connectivity index (χ1n) is 8.63. The third kappa shape index (κ3) is 4.40. The normalized spacial score (nSPS) is 16.5. The highest BCUT2D eigenvalue weighted by molar-refractivity contribution is 7.86. The summed E-state index contributed by atoms with van der Waals surface area (Å²) in [6.45, 7) is 3.77. The van der Waals surface area contributed by atoms with Crippen LogP contribution in [0.15, 0.2) is 34.1 Å². The van der Waals surface area contributed by atoms with Crippen molar-refractivity contribution >= 4 is 53.0 Å². The lowest BCUT2D eigenvalue weighted by Crippen LogP contribution is -2.18. The lowest BCUT2D eigenvalue weighted by atomic mass is 9.84. The van der Waals surface area contributed by atoms with Crippen molar-refractivity contribution in [2.75, 3.05) is 12.3 Å². The van der Waals surface area contributed by atoms with E-state index >= 15 is 0 Å². The predicted octanol–water partition coefficient (Wildman–Crippen LogP) is 1.27. The summed E-state index contributed by atoms with van der Waals surface area (Å²) in [4.78, 5) is -1.49. The van der Waals surface area contributed by atoms with Gasteiger partial charge in [0.2, 0.25) is 5.69 Å². The van der Waals surface area contributed by atoms with E-state index in [1.165, 1.54) is 6.07 Å². The third-order valence-electron chi connectivity index (χ3n) is 4.85. The average Bonchev–Trinajstić information content (AvgIpc) is 2.81. The minimum Gasteiger partial charge on any atom is -0.744 e. The largest absolute Gasteiger partial charge is 0.744 e. The highest BCUT2D eigenvalue weighted by atomic mass is 32.2. The van der Waals surface area contributed by atoms with Crippen molar-refractivity contribution in [2.45, 2.75) is 35.5 Å². The van der Waals surface area contributed by atoms with Crippen LogP contribution in [0.1, 0.15) is 25.8 Å². The van der Waals surface area contributed by atoms with Gasteiger partial charge in [0.05, 0.1) is 21.0 Å². The van der Waals surface area contributed by atoms with Gasteiger partial charge in [0.25, 0.3) is 20.2 Å². The van der Waals surface area contributed by atoms with Crippen LogP contribution in [0, 0.1) is 0 Å². The van der Waals surface area contributed by atoms with E-state index in [-0.39, 0.29) is 23.7 Å². The molecular weight excluding hydrogens is 458 g/mol. The Labute approximate surface area is 174 Å². The van der Waals surface area contributed by atoms with Crippen molar-refractivity contribution in [3.8, 4) is 0 Å². The van der Waals surface area contributed by atoms with E-state index in [9.17, 15) is 34.4 Å². The van der Waals surface area contributed by atoms with Crippen molar-refractivity contribution in [1.82, 2.24) is 0 Å². The Morgan fingerprint density at radius 2 is 1.63 bits per heavy atom. The molecule has 0 spiro atoms. The van der Waals surface area contributed by atoms with E-state index in [2.05, 4.69) is 0 Å². The van der Waals surface area contributed by atoms with Crippen LogP contribution in [-0.4, -0.2) is 62.0 Å². The van der Waals surface area contributed by atoms with E-state index in [0.29, 0.717) is 17.3 Å². The fourth-order valence-electron chi connectivity index (χ4n) is 3.76. The van der Waals surface area contributed by atoms with Crippen molar-refractivity contribution in [3.05, 3.63) is 29.8 Å². The van der Waals surface area contributed by atoms with Crippen molar-refractivity contribution in [2.24, 2.45) is 0 Å². The Morgan fingerprint density at radius 3 is 2.17 bits per heavy atom. The topological polar surface area (TPSA) is 169 Å². The summed E-state index contributed by atoms with van der Waals surface area (Å²) in [5.74, 6) is -0.452. The van der Waals surface area contributed by atoms with Crippen molar-refractivity contribution < 1.29 is 43.5 Å². The van der Waals surface area contributed by atoms with Gasteiger partial charge in [0.15, 0.2) is 6.21 Å². The van der Waals surface area contributed by atoms with Gasteiger partial charge in [-0.1, -0.05) is 0 Å². The van der Waals surface area contributed by atoms with E-state index in [1.807, 2.05) is 0 Å². The molecule has 1 aliphatic rings. The standard InChI is InChI=1S/C17H19NO9S3/c1-17(2)10-18(6-3-7-28(19,20)21)14-5-4-12-13(16(14)17)8-11(29(22,23)24)9-15(12)30(25,26)27/h4-5,8-10H,3,6-7H2,1-2H3,(H2-,19,20,21,22,23,24,25,26,27). The zero-order valence-electron chi connectivity index (χ0n) is 15.9. The lowest BCUT2D eigenvalue weighted by Gasteiger charge is -2.18. The molecule has 2 N–H and O–H groups in total. The fourth-order valence-corrected chi connectivity index (χ4v) is 5.58. The second-order valence-corrected chi connectivity index (χ2v) is 11.9. The maximum Gasteiger partial charge on any atom is 0.294 e. The first kappa shape index (κ1) is 22.8. The Balaban J connectivity index is 2.27. The highest BCUT2D eigenvalue weighted by Gasteiger charge is 2.39. The molecule has 0 aliphatic carbocycles. The van der Waals surface area contributed by atoms with Gasteiger partial charge in [0, 0.05) is 23.4 Å². The molecule has 10 nitrogen and oxygen atoms in total. The zero-order chi connectivity index (χ0) is 22.7. The van der Waals surface area contributed by atoms with Gasteiger partial charge >= 0.3 is 0 Å². The fraction of sp³-hybridized carbons (Fsp3) is 0.353. The molecule has 0 aromatic heterocycles. The quantitative estimate of drug-likeness (QED) is 0.459. The number of rotatable bonds is 6. The first-order chi connectivity index (χ1) is 13.5. The van der Waals surface area contributed by atoms with Gasteiger partial charge in [-0.3, -0.25) is 9.11 Å². The molecule has 2 aromatic carbocycles. The maximum absolute atomic E-state index is 11.8. The first-order valence-corrected chi connectivity index (χ1v) is 13.1. The third-order valence-corrected chi connectivity index (χ3v) is 7.36. The summed E-state index contributed by atoms with van der Waals surface area (Å²) in [5.41, 5.74) is 0.334. The molecule has 2 aromatic rings. The van der Waals surface area contributed by atoms with Gasteiger partial charge in [-0.05, 0) is 37.4 Å². The maximum atomic E-state index is 11.8. The average molecular weight is 478 g/mol. The van der Waals surface area contributed by atoms with Gasteiger partial charge in [-0.2, -0.15) is 16.8 Å². The second kappa shape index (κ2) is 7.07. The van der Waals surface area contributed by atoms with Crippen LogP contribution in [0.3, 0.4) is 0 Å². The molecule has 0 atom stereocenters. The number of benzene rings is 2. The van der Waals surface area contributed by atoms with Crippen LogP contribution in [0.5, 0.6) is 0 Å². The molecule has 1 heterocycles. The number of nitrogens with zero attached hydrogens (tertiary/aromatic N) is 1. The zero-order valence-corrected chi connectivity index (χ0v) is 18.4. The minimum absolute atomic E-state index is 0.0115. The molecular formula is C17H19NO9S3. The summed E-state index contributed by atoms with van der Waals surface area (Å²) in [7, 11) is -14.0. The molecule has 0 radical (unpaired) electrons. The summed E-state index contributed by atoms with van der Waals surface area (Å²) in [5, 5.41) is 0.174. The van der Waals surface area contributed by atoms with Gasteiger partial charge in [-0.25, -0.2) is 13.0 Å². The molecule has 30 heavy (non-hydrogen) atoms. The van der Waals surface area contributed by atoms with Crippen LogP contribution in [-0.2, 0) is 35.8 Å². The Morgan fingerprint density at radius 1 is 1.00 bits per heavy atom. The molecule has 0 fully saturated rings. The SMILES string of the molecule is CC1(C)C=[N+](CCCS(=O)(=O)O)c2ccc3c(S(=O)(=O)[O-])cc(S(=O)(=O)O)cc3c21. The van der Waals surface area contributed by atoms with Crippen LogP contribution < -0.4 is 0 Å². The Bertz CT molecular complexity index is 1400. The van der Waals surface area contributed by atoms with Crippen molar-refractivity contribution in [3.63, 3.8) is 0 Å². The van der Waals surface area contributed by atoms with E-state index < -0.39 is 51.3 Å². The van der Waals surface area contributed by atoms with E-state index in [1.54, 1.807) is 30.7 Å². The van der Waals surface area contributed by atoms with Crippen molar-refractivity contribution in [1.29, 1.82) is 0 Å².